The largest absolute Gasteiger partial charge is 0.332 e. The smallest absolute Gasteiger partial charge is 0.187 e. The van der Waals surface area contributed by atoms with E-state index < -0.39 is 0 Å². The first-order chi connectivity index (χ1) is 10.1. The van der Waals surface area contributed by atoms with Crippen LogP contribution in [0.1, 0.15) is 16.7 Å². The van der Waals surface area contributed by atoms with Crippen LogP contribution in [0.3, 0.4) is 0 Å². The second kappa shape index (κ2) is 5.70. The van der Waals surface area contributed by atoms with Gasteiger partial charge in [0.1, 0.15) is 0 Å². The van der Waals surface area contributed by atoms with Crippen LogP contribution in [0.2, 0.25) is 0 Å². The molecule has 0 atom stereocenters. The van der Waals surface area contributed by atoms with Crippen molar-refractivity contribution in [2.24, 2.45) is 0 Å². The van der Waals surface area contributed by atoms with E-state index in [4.69, 9.17) is 0 Å². The van der Waals surface area contributed by atoms with Gasteiger partial charge >= 0.3 is 0 Å². The number of aromatic nitrogens is 1. The van der Waals surface area contributed by atoms with E-state index in [0.29, 0.717) is 0 Å². The third-order valence-electron chi connectivity index (χ3n) is 3.32. The Labute approximate surface area is 129 Å². The first kappa shape index (κ1) is 13.8. The van der Waals surface area contributed by atoms with E-state index in [0.717, 1.165) is 22.1 Å². The zero-order valence-corrected chi connectivity index (χ0v) is 13.3. The second-order valence-electron chi connectivity index (χ2n) is 5.41. The summed E-state index contributed by atoms with van der Waals surface area (Å²) in [6.45, 7) is 6.31. The van der Waals surface area contributed by atoms with Crippen LogP contribution < -0.4 is 5.32 Å². The van der Waals surface area contributed by atoms with Gasteiger partial charge in [0.05, 0.1) is 5.69 Å². The zero-order chi connectivity index (χ0) is 14.8. The maximum atomic E-state index is 4.67. The fraction of sp³-hybridized carbons (Fsp3) is 0.167. The molecule has 0 saturated heterocycles. The highest BCUT2D eigenvalue weighted by Gasteiger charge is 2.05. The minimum Gasteiger partial charge on any atom is -0.332 e. The molecule has 0 bridgehead atoms. The monoisotopic (exact) mass is 294 g/mol. The minimum absolute atomic E-state index is 0.926. The van der Waals surface area contributed by atoms with Crippen molar-refractivity contribution in [3.8, 4) is 11.3 Å². The van der Waals surface area contributed by atoms with Gasteiger partial charge in [-0.15, -0.1) is 11.3 Å². The number of benzene rings is 2. The Bertz CT molecular complexity index is 737. The highest BCUT2D eigenvalue weighted by molar-refractivity contribution is 7.14. The molecule has 1 aromatic heterocycles. The van der Waals surface area contributed by atoms with Crippen molar-refractivity contribution in [3.63, 3.8) is 0 Å². The van der Waals surface area contributed by atoms with Crippen molar-refractivity contribution in [2.75, 3.05) is 5.32 Å². The Kier molecular flexibility index (Phi) is 3.76. The number of hydrogen-bond donors (Lipinski definition) is 1. The average molecular weight is 294 g/mol. The topological polar surface area (TPSA) is 24.9 Å². The Morgan fingerprint density at radius 3 is 2.19 bits per heavy atom. The molecule has 0 aliphatic carbocycles. The number of thiazole rings is 1. The van der Waals surface area contributed by atoms with Crippen molar-refractivity contribution >= 4 is 22.2 Å². The first-order valence-corrected chi connectivity index (χ1v) is 7.86. The summed E-state index contributed by atoms with van der Waals surface area (Å²) >= 11 is 1.63. The molecule has 0 saturated carbocycles. The molecular weight excluding hydrogens is 276 g/mol. The molecule has 0 spiro atoms. The number of hydrogen-bond acceptors (Lipinski definition) is 3. The molecule has 2 aromatic carbocycles. The maximum Gasteiger partial charge on any atom is 0.187 e. The summed E-state index contributed by atoms with van der Waals surface area (Å²) in [4.78, 5) is 4.67. The molecule has 1 N–H and O–H groups in total. The highest BCUT2D eigenvalue weighted by atomic mass is 32.1. The molecule has 3 heteroatoms. The van der Waals surface area contributed by atoms with Crippen LogP contribution >= 0.6 is 11.3 Å². The molecule has 1 heterocycles. The molecule has 106 valence electrons. The lowest BCUT2D eigenvalue weighted by molar-refractivity contribution is 1.34. The van der Waals surface area contributed by atoms with Gasteiger partial charge in [0.15, 0.2) is 5.13 Å². The minimum atomic E-state index is 0.926. The zero-order valence-electron chi connectivity index (χ0n) is 12.5. The Morgan fingerprint density at radius 2 is 1.52 bits per heavy atom. The number of aryl methyl sites for hydroxylation is 3. The van der Waals surface area contributed by atoms with Crippen molar-refractivity contribution < 1.29 is 0 Å². The van der Waals surface area contributed by atoms with E-state index in [1.54, 1.807) is 11.3 Å². The third kappa shape index (κ3) is 3.31. The fourth-order valence-electron chi connectivity index (χ4n) is 2.36. The predicted molar refractivity (Wildman–Crippen MR) is 91.5 cm³/mol. The Hall–Kier alpha value is -2.13. The number of rotatable bonds is 3. The van der Waals surface area contributed by atoms with Crippen LogP contribution in [0.15, 0.2) is 47.8 Å². The quantitative estimate of drug-likeness (QED) is 0.692. The molecular formula is C18H18N2S. The second-order valence-corrected chi connectivity index (χ2v) is 6.26. The number of nitrogens with zero attached hydrogens (tertiary/aromatic N) is 1. The van der Waals surface area contributed by atoms with E-state index in [1.165, 1.54) is 16.7 Å². The summed E-state index contributed by atoms with van der Waals surface area (Å²) in [7, 11) is 0. The van der Waals surface area contributed by atoms with Crippen LogP contribution in [-0.4, -0.2) is 4.98 Å². The van der Waals surface area contributed by atoms with E-state index in [9.17, 15) is 0 Å². The fourth-order valence-corrected chi connectivity index (χ4v) is 3.10. The summed E-state index contributed by atoms with van der Waals surface area (Å²) in [5.74, 6) is 0. The molecule has 21 heavy (non-hydrogen) atoms. The average Bonchev–Trinajstić information content (AvgIpc) is 2.87. The first-order valence-electron chi connectivity index (χ1n) is 6.98. The lowest BCUT2D eigenvalue weighted by atomic mass is 10.1. The predicted octanol–water partition coefficient (Wildman–Crippen LogP) is 5.48. The summed E-state index contributed by atoms with van der Waals surface area (Å²) in [6.07, 6.45) is 0. The van der Waals surface area contributed by atoms with E-state index in [-0.39, 0.29) is 0 Å². The molecule has 0 aliphatic heterocycles. The molecule has 3 rings (SSSR count). The SMILES string of the molecule is Cc1ccc(-c2csc(Nc3cc(C)cc(C)c3)n2)cc1. The molecule has 0 fully saturated rings. The molecule has 3 aromatic rings. The van der Waals surface area contributed by atoms with Crippen LogP contribution in [0.5, 0.6) is 0 Å². The van der Waals surface area contributed by atoms with Crippen molar-refractivity contribution in [1.82, 2.24) is 4.98 Å². The van der Waals surface area contributed by atoms with Crippen LogP contribution in [-0.2, 0) is 0 Å². The lowest BCUT2D eigenvalue weighted by Crippen LogP contribution is -1.91. The van der Waals surface area contributed by atoms with Gasteiger partial charge in [0, 0.05) is 16.6 Å². The van der Waals surface area contributed by atoms with Gasteiger partial charge in [-0.2, -0.15) is 0 Å². The van der Waals surface area contributed by atoms with E-state index >= 15 is 0 Å². The van der Waals surface area contributed by atoms with Crippen molar-refractivity contribution in [3.05, 3.63) is 64.5 Å². The van der Waals surface area contributed by atoms with Gasteiger partial charge in [0.2, 0.25) is 0 Å². The number of anilines is 2. The lowest BCUT2D eigenvalue weighted by Gasteiger charge is -2.05. The standard InChI is InChI=1S/C18H18N2S/c1-12-4-6-15(7-5-12)17-11-21-18(20-17)19-16-9-13(2)8-14(3)10-16/h4-11H,1-3H3,(H,19,20). The summed E-state index contributed by atoms with van der Waals surface area (Å²) < 4.78 is 0. The van der Waals surface area contributed by atoms with Gasteiger partial charge < -0.3 is 5.32 Å². The summed E-state index contributed by atoms with van der Waals surface area (Å²) in [5.41, 5.74) is 7.05. The molecule has 2 nitrogen and oxygen atoms in total. The van der Waals surface area contributed by atoms with Crippen LogP contribution in [0.25, 0.3) is 11.3 Å². The van der Waals surface area contributed by atoms with Crippen LogP contribution in [0.4, 0.5) is 10.8 Å². The van der Waals surface area contributed by atoms with Crippen molar-refractivity contribution in [1.29, 1.82) is 0 Å². The number of nitrogens with one attached hydrogen (secondary N) is 1. The van der Waals surface area contributed by atoms with Gasteiger partial charge in [-0.1, -0.05) is 35.9 Å². The van der Waals surface area contributed by atoms with Gasteiger partial charge in [0.25, 0.3) is 0 Å². The summed E-state index contributed by atoms with van der Waals surface area (Å²) in [5, 5.41) is 6.41. The Balaban J connectivity index is 1.83. The molecule has 0 radical (unpaired) electrons. The molecule has 0 amide bonds. The highest BCUT2D eigenvalue weighted by Crippen LogP contribution is 2.28. The normalized spacial score (nSPS) is 10.6. The van der Waals surface area contributed by atoms with Crippen molar-refractivity contribution in [2.45, 2.75) is 20.8 Å². The maximum absolute atomic E-state index is 4.67. The van der Waals surface area contributed by atoms with Gasteiger partial charge in [-0.3, -0.25) is 0 Å². The molecule has 0 unspecified atom stereocenters. The van der Waals surface area contributed by atoms with Gasteiger partial charge in [-0.25, -0.2) is 4.98 Å². The molecule has 0 aliphatic rings. The Morgan fingerprint density at radius 1 is 0.857 bits per heavy atom. The third-order valence-corrected chi connectivity index (χ3v) is 4.08. The summed E-state index contributed by atoms with van der Waals surface area (Å²) in [6, 6.07) is 14.9. The van der Waals surface area contributed by atoms with Crippen LogP contribution in [0, 0.1) is 20.8 Å². The van der Waals surface area contributed by atoms with E-state index in [2.05, 4.69) is 78.9 Å². The van der Waals surface area contributed by atoms with Gasteiger partial charge in [-0.05, 0) is 44.0 Å². The van der Waals surface area contributed by atoms with E-state index in [1.807, 2.05) is 0 Å².